The van der Waals surface area contributed by atoms with Gasteiger partial charge in [-0.15, -0.1) is 0 Å². The van der Waals surface area contributed by atoms with Crippen molar-refractivity contribution in [1.82, 2.24) is 5.43 Å². The average molecular weight is 320 g/mol. The van der Waals surface area contributed by atoms with E-state index in [-0.39, 0.29) is 5.91 Å². The zero-order valence-electron chi connectivity index (χ0n) is 13.9. The molecule has 0 bridgehead atoms. The Bertz CT molecular complexity index is 876. The van der Waals surface area contributed by atoms with Gasteiger partial charge in [-0.25, -0.2) is 5.43 Å². The topological polar surface area (TPSA) is 54.6 Å². The van der Waals surface area contributed by atoms with Crippen molar-refractivity contribution in [3.05, 3.63) is 71.0 Å². The fourth-order valence-electron chi connectivity index (χ4n) is 2.63. The molecule has 1 heterocycles. The van der Waals surface area contributed by atoms with Gasteiger partial charge in [-0.2, -0.15) is 5.10 Å². The number of hydrogen-bond donors (Lipinski definition) is 1. The van der Waals surface area contributed by atoms with Crippen LogP contribution in [0.3, 0.4) is 0 Å². The van der Waals surface area contributed by atoms with Crippen LogP contribution < -0.4 is 5.43 Å². The average Bonchev–Trinajstić information content (AvgIpc) is 2.99. The number of carbonyl (C=O) groups excluding carboxylic acids is 1. The van der Waals surface area contributed by atoms with Gasteiger partial charge in [0.1, 0.15) is 11.3 Å². The molecule has 4 nitrogen and oxygen atoms in total. The van der Waals surface area contributed by atoms with Crippen LogP contribution in [-0.4, -0.2) is 12.1 Å². The standard InChI is InChI=1S/C20H20N2O2/c1-3-14-9-11-15(12-10-14)20(23)22-21-13-17-16-7-5-6-8-19(16)24-18(17)4-2/h5-13H,3-4H2,1-2H3,(H,22,23)/b21-13-. The Morgan fingerprint density at radius 3 is 2.54 bits per heavy atom. The SMILES string of the molecule is CCc1ccc(C(=O)N/N=C\c2c(CC)oc3ccccc23)cc1. The first-order valence-electron chi connectivity index (χ1n) is 8.15. The van der Waals surface area contributed by atoms with Crippen molar-refractivity contribution < 1.29 is 9.21 Å². The number of para-hydroxylation sites is 1. The summed E-state index contributed by atoms with van der Waals surface area (Å²) in [6.07, 6.45) is 3.37. The molecule has 0 fully saturated rings. The zero-order valence-corrected chi connectivity index (χ0v) is 13.9. The Balaban J connectivity index is 1.77. The Morgan fingerprint density at radius 1 is 1.08 bits per heavy atom. The number of hydrogen-bond acceptors (Lipinski definition) is 3. The molecule has 0 aliphatic carbocycles. The number of furan rings is 1. The van der Waals surface area contributed by atoms with Gasteiger partial charge in [-0.1, -0.05) is 44.2 Å². The molecule has 0 saturated heterocycles. The minimum atomic E-state index is -0.222. The molecule has 0 aliphatic rings. The van der Waals surface area contributed by atoms with E-state index in [1.165, 1.54) is 5.56 Å². The molecule has 24 heavy (non-hydrogen) atoms. The first-order valence-corrected chi connectivity index (χ1v) is 8.15. The predicted octanol–water partition coefficient (Wildman–Crippen LogP) is 4.32. The number of nitrogens with zero attached hydrogens (tertiary/aromatic N) is 1. The number of amides is 1. The summed E-state index contributed by atoms with van der Waals surface area (Å²) in [4.78, 5) is 12.1. The van der Waals surface area contributed by atoms with Crippen LogP contribution in [0.15, 0.2) is 58.0 Å². The molecular formula is C20H20N2O2. The molecule has 0 aliphatic heterocycles. The summed E-state index contributed by atoms with van der Waals surface area (Å²) < 4.78 is 5.81. The minimum absolute atomic E-state index is 0.222. The second-order valence-electron chi connectivity index (χ2n) is 5.54. The van der Waals surface area contributed by atoms with E-state index < -0.39 is 0 Å². The monoisotopic (exact) mass is 320 g/mol. The zero-order chi connectivity index (χ0) is 16.9. The Hall–Kier alpha value is -2.88. The summed E-state index contributed by atoms with van der Waals surface area (Å²) in [5.74, 6) is 0.640. The van der Waals surface area contributed by atoms with Crippen molar-refractivity contribution in [2.24, 2.45) is 5.10 Å². The highest BCUT2D eigenvalue weighted by Gasteiger charge is 2.10. The van der Waals surface area contributed by atoms with Gasteiger partial charge in [-0.05, 0) is 30.2 Å². The lowest BCUT2D eigenvalue weighted by molar-refractivity contribution is 0.0955. The van der Waals surface area contributed by atoms with Gasteiger partial charge in [0, 0.05) is 22.9 Å². The highest BCUT2D eigenvalue weighted by Crippen LogP contribution is 2.24. The second-order valence-corrected chi connectivity index (χ2v) is 5.54. The van der Waals surface area contributed by atoms with Crippen LogP contribution in [-0.2, 0) is 12.8 Å². The molecule has 1 amide bonds. The van der Waals surface area contributed by atoms with Gasteiger partial charge in [-0.3, -0.25) is 4.79 Å². The van der Waals surface area contributed by atoms with Gasteiger partial charge < -0.3 is 4.42 Å². The van der Waals surface area contributed by atoms with E-state index in [0.717, 1.165) is 35.1 Å². The molecular weight excluding hydrogens is 300 g/mol. The van der Waals surface area contributed by atoms with E-state index in [4.69, 9.17) is 4.42 Å². The predicted molar refractivity (Wildman–Crippen MR) is 96.5 cm³/mol. The van der Waals surface area contributed by atoms with Crippen molar-refractivity contribution in [1.29, 1.82) is 0 Å². The third-order valence-corrected chi connectivity index (χ3v) is 4.02. The summed E-state index contributed by atoms with van der Waals surface area (Å²) >= 11 is 0. The lowest BCUT2D eigenvalue weighted by atomic mass is 10.1. The van der Waals surface area contributed by atoms with E-state index in [2.05, 4.69) is 17.5 Å². The molecule has 0 atom stereocenters. The number of hydrazone groups is 1. The molecule has 3 rings (SSSR count). The molecule has 0 spiro atoms. The first-order chi connectivity index (χ1) is 11.7. The molecule has 3 aromatic rings. The number of carbonyl (C=O) groups is 1. The summed E-state index contributed by atoms with van der Waals surface area (Å²) in [6.45, 7) is 4.11. The maximum Gasteiger partial charge on any atom is 0.271 e. The van der Waals surface area contributed by atoms with Crippen molar-refractivity contribution in [3.8, 4) is 0 Å². The quantitative estimate of drug-likeness (QED) is 0.562. The molecule has 4 heteroatoms. The summed E-state index contributed by atoms with van der Waals surface area (Å²) in [7, 11) is 0. The first kappa shape index (κ1) is 16.0. The van der Waals surface area contributed by atoms with Gasteiger partial charge in [0.05, 0.1) is 6.21 Å². The Kier molecular flexibility index (Phi) is 4.75. The van der Waals surface area contributed by atoms with Crippen molar-refractivity contribution in [2.45, 2.75) is 26.7 Å². The lowest BCUT2D eigenvalue weighted by Crippen LogP contribution is -2.17. The summed E-state index contributed by atoms with van der Waals surface area (Å²) in [5, 5.41) is 5.11. The van der Waals surface area contributed by atoms with Crippen LogP contribution in [0.5, 0.6) is 0 Å². The molecule has 2 aromatic carbocycles. The Morgan fingerprint density at radius 2 is 1.83 bits per heavy atom. The van der Waals surface area contributed by atoms with E-state index in [1.54, 1.807) is 6.21 Å². The van der Waals surface area contributed by atoms with Gasteiger partial charge in [0.15, 0.2) is 0 Å². The van der Waals surface area contributed by atoms with E-state index in [0.29, 0.717) is 5.56 Å². The molecule has 1 N–H and O–H groups in total. The number of nitrogens with one attached hydrogen (secondary N) is 1. The molecule has 1 aromatic heterocycles. The fraction of sp³-hybridized carbons (Fsp3) is 0.200. The molecule has 0 unspecified atom stereocenters. The number of aryl methyl sites for hydroxylation is 2. The van der Waals surface area contributed by atoms with E-state index in [9.17, 15) is 4.79 Å². The van der Waals surface area contributed by atoms with Gasteiger partial charge in [0.25, 0.3) is 5.91 Å². The number of benzene rings is 2. The highest BCUT2D eigenvalue weighted by atomic mass is 16.3. The van der Waals surface area contributed by atoms with Crippen LogP contribution in [0.4, 0.5) is 0 Å². The fourth-order valence-corrected chi connectivity index (χ4v) is 2.63. The lowest BCUT2D eigenvalue weighted by Gasteiger charge is -2.01. The van der Waals surface area contributed by atoms with Crippen LogP contribution in [0.1, 0.15) is 41.1 Å². The summed E-state index contributed by atoms with van der Waals surface area (Å²) in [6, 6.07) is 15.4. The third-order valence-electron chi connectivity index (χ3n) is 4.02. The maximum absolute atomic E-state index is 12.1. The van der Waals surface area contributed by atoms with Crippen molar-refractivity contribution >= 4 is 23.1 Å². The smallest absolute Gasteiger partial charge is 0.271 e. The van der Waals surface area contributed by atoms with Crippen LogP contribution in [0.25, 0.3) is 11.0 Å². The van der Waals surface area contributed by atoms with Crippen molar-refractivity contribution in [3.63, 3.8) is 0 Å². The van der Waals surface area contributed by atoms with Crippen LogP contribution in [0, 0.1) is 0 Å². The molecule has 0 saturated carbocycles. The molecule has 0 radical (unpaired) electrons. The van der Waals surface area contributed by atoms with Crippen LogP contribution >= 0.6 is 0 Å². The highest BCUT2D eigenvalue weighted by molar-refractivity contribution is 6.00. The van der Waals surface area contributed by atoms with Crippen molar-refractivity contribution in [2.75, 3.05) is 0 Å². The van der Waals surface area contributed by atoms with Crippen LogP contribution in [0.2, 0.25) is 0 Å². The largest absolute Gasteiger partial charge is 0.460 e. The Labute approximate surface area is 141 Å². The van der Waals surface area contributed by atoms with Gasteiger partial charge in [0.2, 0.25) is 0 Å². The normalized spacial score (nSPS) is 11.2. The second kappa shape index (κ2) is 7.13. The molecule has 122 valence electrons. The number of fused-ring (bicyclic) bond motifs is 1. The minimum Gasteiger partial charge on any atom is -0.460 e. The maximum atomic E-state index is 12.1. The summed E-state index contributed by atoms with van der Waals surface area (Å²) in [5.41, 5.74) is 6.12. The van der Waals surface area contributed by atoms with Gasteiger partial charge >= 0.3 is 0 Å². The third kappa shape index (κ3) is 3.23. The number of rotatable bonds is 5. The van der Waals surface area contributed by atoms with E-state index in [1.807, 2.05) is 55.5 Å². The van der Waals surface area contributed by atoms with E-state index >= 15 is 0 Å².